The second kappa shape index (κ2) is 7.38. The molecule has 0 aliphatic carbocycles. The van der Waals surface area contributed by atoms with Crippen molar-refractivity contribution in [2.24, 2.45) is 0 Å². The highest BCUT2D eigenvalue weighted by molar-refractivity contribution is 6.42. The summed E-state index contributed by atoms with van der Waals surface area (Å²) < 4.78 is 5.50. The van der Waals surface area contributed by atoms with Crippen LogP contribution in [0.25, 0.3) is 0 Å². The Kier molecular flexibility index (Phi) is 6.07. The number of nitrogens with zero attached hydrogens (tertiary/aromatic N) is 1. The average molecular weight is 258 g/mol. The van der Waals surface area contributed by atoms with Gasteiger partial charge in [-0.3, -0.25) is 0 Å². The van der Waals surface area contributed by atoms with Crippen molar-refractivity contribution in [3.05, 3.63) is 28.2 Å². The fourth-order valence-electron chi connectivity index (χ4n) is 1.24. The molecule has 4 heteroatoms. The molecule has 0 spiro atoms. The van der Waals surface area contributed by atoms with Crippen LogP contribution >= 0.6 is 23.2 Å². The predicted molar refractivity (Wildman–Crippen MR) is 66.0 cm³/mol. The van der Waals surface area contributed by atoms with Crippen LogP contribution in [0.15, 0.2) is 18.2 Å². The van der Waals surface area contributed by atoms with E-state index in [2.05, 4.69) is 6.07 Å². The molecule has 0 amide bonds. The van der Waals surface area contributed by atoms with Gasteiger partial charge in [0.1, 0.15) is 5.75 Å². The number of nitriles is 1. The summed E-state index contributed by atoms with van der Waals surface area (Å²) in [5.41, 5.74) is 0. The maximum absolute atomic E-state index is 8.35. The van der Waals surface area contributed by atoms with Gasteiger partial charge in [0.05, 0.1) is 22.7 Å². The molecule has 1 aromatic carbocycles. The minimum absolute atomic E-state index is 0.503. The Bertz CT molecular complexity index is 374. The lowest BCUT2D eigenvalue weighted by Gasteiger charge is -2.06. The highest BCUT2D eigenvalue weighted by Gasteiger charge is 1.99. The van der Waals surface area contributed by atoms with Gasteiger partial charge in [0.15, 0.2) is 0 Å². The summed E-state index contributed by atoms with van der Waals surface area (Å²) in [6.45, 7) is 0.642. The van der Waals surface area contributed by atoms with Crippen LogP contribution in [-0.2, 0) is 0 Å². The number of ether oxygens (including phenoxy) is 1. The second-order valence-corrected chi connectivity index (χ2v) is 4.21. The number of halogens is 2. The van der Waals surface area contributed by atoms with E-state index in [1.54, 1.807) is 18.2 Å². The maximum Gasteiger partial charge on any atom is 0.120 e. The van der Waals surface area contributed by atoms with Gasteiger partial charge in [-0.2, -0.15) is 5.26 Å². The quantitative estimate of drug-likeness (QED) is 0.706. The molecular formula is C12H13Cl2NO. The van der Waals surface area contributed by atoms with Gasteiger partial charge in [-0.1, -0.05) is 23.2 Å². The van der Waals surface area contributed by atoms with Gasteiger partial charge in [0, 0.05) is 12.5 Å². The number of rotatable bonds is 6. The third kappa shape index (κ3) is 4.74. The fourth-order valence-corrected chi connectivity index (χ4v) is 1.53. The van der Waals surface area contributed by atoms with E-state index in [1.165, 1.54) is 0 Å². The number of hydrogen-bond acceptors (Lipinski definition) is 2. The van der Waals surface area contributed by atoms with Crippen LogP contribution in [0.2, 0.25) is 10.0 Å². The molecule has 0 bridgehead atoms. The molecule has 86 valence electrons. The van der Waals surface area contributed by atoms with Crippen LogP contribution < -0.4 is 4.74 Å². The van der Waals surface area contributed by atoms with Crippen molar-refractivity contribution in [3.63, 3.8) is 0 Å². The van der Waals surface area contributed by atoms with Crippen molar-refractivity contribution in [1.82, 2.24) is 0 Å². The van der Waals surface area contributed by atoms with Crippen LogP contribution in [0.3, 0.4) is 0 Å². The van der Waals surface area contributed by atoms with Gasteiger partial charge >= 0.3 is 0 Å². The SMILES string of the molecule is N#CCCCCCOc1ccc(Cl)c(Cl)c1. The summed E-state index contributed by atoms with van der Waals surface area (Å²) in [5.74, 6) is 0.731. The van der Waals surface area contributed by atoms with Gasteiger partial charge in [0.25, 0.3) is 0 Å². The Balaban J connectivity index is 2.22. The minimum Gasteiger partial charge on any atom is -0.494 e. The molecular weight excluding hydrogens is 245 g/mol. The van der Waals surface area contributed by atoms with Crippen LogP contribution in [0.4, 0.5) is 0 Å². The Morgan fingerprint density at radius 2 is 1.94 bits per heavy atom. The summed E-state index contributed by atoms with van der Waals surface area (Å²) in [4.78, 5) is 0. The zero-order valence-corrected chi connectivity index (χ0v) is 10.4. The van der Waals surface area contributed by atoms with Crippen molar-refractivity contribution in [3.8, 4) is 11.8 Å². The Hall–Kier alpha value is -0.910. The lowest BCUT2D eigenvalue weighted by atomic mass is 10.2. The fraction of sp³-hybridized carbons (Fsp3) is 0.417. The molecule has 0 heterocycles. The second-order valence-electron chi connectivity index (χ2n) is 3.39. The van der Waals surface area contributed by atoms with E-state index in [0.717, 1.165) is 25.0 Å². The highest BCUT2D eigenvalue weighted by Crippen LogP contribution is 2.26. The van der Waals surface area contributed by atoms with Crippen molar-refractivity contribution in [2.45, 2.75) is 25.7 Å². The van der Waals surface area contributed by atoms with Crippen LogP contribution in [0, 0.1) is 11.3 Å². The molecule has 0 aliphatic rings. The van der Waals surface area contributed by atoms with E-state index >= 15 is 0 Å². The smallest absolute Gasteiger partial charge is 0.120 e. The predicted octanol–water partition coefficient (Wildman–Crippen LogP) is 4.46. The third-order valence-electron chi connectivity index (χ3n) is 2.09. The maximum atomic E-state index is 8.35. The van der Waals surface area contributed by atoms with E-state index in [1.807, 2.05) is 0 Å². The normalized spacial score (nSPS) is 9.81. The number of unbranched alkanes of at least 4 members (excludes halogenated alkanes) is 3. The van der Waals surface area contributed by atoms with Gasteiger partial charge in [-0.15, -0.1) is 0 Å². The molecule has 0 unspecified atom stereocenters. The first kappa shape index (κ1) is 13.2. The van der Waals surface area contributed by atoms with E-state index in [4.69, 9.17) is 33.2 Å². The average Bonchev–Trinajstić information content (AvgIpc) is 2.28. The zero-order chi connectivity index (χ0) is 11.8. The summed E-state index contributed by atoms with van der Waals surface area (Å²) in [6, 6.07) is 7.34. The molecule has 0 atom stereocenters. The lowest BCUT2D eigenvalue weighted by molar-refractivity contribution is 0.305. The van der Waals surface area contributed by atoms with Gasteiger partial charge < -0.3 is 4.74 Å². The van der Waals surface area contributed by atoms with Gasteiger partial charge in [0.2, 0.25) is 0 Å². The molecule has 0 saturated carbocycles. The van der Waals surface area contributed by atoms with Crippen molar-refractivity contribution < 1.29 is 4.74 Å². The molecule has 0 N–H and O–H groups in total. The van der Waals surface area contributed by atoms with Gasteiger partial charge in [-0.05, 0) is 31.4 Å². The summed E-state index contributed by atoms with van der Waals surface area (Å²) in [7, 11) is 0. The van der Waals surface area contributed by atoms with E-state index in [-0.39, 0.29) is 0 Å². The van der Waals surface area contributed by atoms with Crippen LogP contribution in [0.5, 0.6) is 5.75 Å². The summed E-state index contributed by atoms with van der Waals surface area (Å²) in [6.07, 6.45) is 3.50. The number of benzene rings is 1. The summed E-state index contributed by atoms with van der Waals surface area (Å²) >= 11 is 11.6. The van der Waals surface area contributed by atoms with Crippen molar-refractivity contribution in [2.75, 3.05) is 6.61 Å². The van der Waals surface area contributed by atoms with Crippen molar-refractivity contribution >= 4 is 23.2 Å². The largest absolute Gasteiger partial charge is 0.494 e. The van der Waals surface area contributed by atoms with Gasteiger partial charge in [-0.25, -0.2) is 0 Å². The lowest BCUT2D eigenvalue weighted by Crippen LogP contribution is -1.97. The van der Waals surface area contributed by atoms with Crippen molar-refractivity contribution in [1.29, 1.82) is 5.26 Å². The molecule has 0 aromatic heterocycles. The molecule has 0 aliphatic heterocycles. The van der Waals surface area contributed by atoms with E-state index < -0.39 is 0 Å². The standard InChI is InChI=1S/C12H13Cl2NO/c13-11-6-5-10(9-12(11)14)16-8-4-2-1-3-7-15/h5-6,9H,1-4,8H2. The van der Waals surface area contributed by atoms with E-state index in [9.17, 15) is 0 Å². The first-order valence-corrected chi connectivity index (χ1v) is 5.94. The molecule has 0 fully saturated rings. The Morgan fingerprint density at radius 3 is 2.62 bits per heavy atom. The number of hydrogen-bond donors (Lipinski definition) is 0. The minimum atomic E-state index is 0.503. The van der Waals surface area contributed by atoms with Crippen LogP contribution in [-0.4, -0.2) is 6.61 Å². The van der Waals surface area contributed by atoms with E-state index in [0.29, 0.717) is 23.1 Å². The highest BCUT2D eigenvalue weighted by atomic mass is 35.5. The molecule has 0 radical (unpaired) electrons. The topological polar surface area (TPSA) is 33.0 Å². The first-order valence-electron chi connectivity index (χ1n) is 5.19. The Morgan fingerprint density at radius 1 is 1.12 bits per heavy atom. The molecule has 16 heavy (non-hydrogen) atoms. The molecule has 0 saturated heterocycles. The zero-order valence-electron chi connectivity index (χ0n) is 8.88. The summed E-state index contributed by atoms with van der Waals surface area (Å²) in [5, 5.41) is 9.38. The third-order valence-corrected chi connectivity index (χ3v) is 2.83. The van der Waals surface area contributed by atoms with Crippen LogP contribution in [0.1, 0.15) is 25.7 Å². The molecule has 1 rings (SSSR count). The Labute approximate surface area is 106 Å². The monoisotopic (exact) mass is 257 g/mol. The molecule has 2 nitrogen and oxygen atoms in total. The first-order chi connectivity index (χ1) is 7.74. The molecule has 1 aromatic rings.